The van der Waals surface area contributed by atoms with E-state index < -0.39 is 27.3 Å². The van der Waals surface area contributed by atoms with Crippen LogP contribution in [0.4, 0.5) is 26.0 Å². The summed E-state index contributed by atoms with van der Waals surface area (Å²) in [6, 6.07) is 10.9. The Kier molecular flexibility index (Phi) is 8.09. The summed E-state index contributed by atoms with van der Waals surface area (Å²) in [4.78, 5) is 12.7. The summed E-state index contributed by atoms with van der Waals surface area (Å²) in [7, 11) is -2.19. The number of benzene rings is 2. The van der Waals surface area contributed by atoms with Crippen molar-refractivity contribution in [1.82, 2.24) is 15.0 Å². The molecule has 0 fully saturated rings. The van der Waals surface area contributed by atoms with E-state index in [0.717, 1.165) is 23.3 Å². The molecule has 0 aliphatic rings. The summed E-state index contributed by atoms with van der Waals surface area (Å²) >= 11 is 0. The maximum Gasteiger partial charge on any atom is 0.232 e. The van der Waals surface area contributed by atoms with Gasteiger partial charge in [-0.2, -0.15) is 0 Å². The number of hydrogen-bond acceptors (Lipinski definition) is 8. The topological polar surface area (TPSA) is 115 Å². The Balaban J connectivity index is 1.66. The molecule has 0 amide bonds. The van der Waals surface area contributed by atoms with Crippen LogP contribution >= 0.6 is 0 Å². The molecule has 0 aliphatic carbocycles. The highest BCUT2D eigenvalue weighted by Gasteiger charge is 2.19. The van der Waals surface area contributed by atoms with Crippen molar-refractivity contribution in [2.75, 3.05) is 36.1 Å². The number of fused-ring (bicyclic) bond motifs is 1. The van der Waals surface area contributed by atoms with E-state index in [9.17, 15) is 12.8 Å². The number of pyridine rings is 1. The number of sulfonamides is 1. The van der Waals surface area contributed by atoms with Gasteiger partial charge < -0.3 is 14.8 Å². The van der Waals surface area contributed by atoms with Crippen LogP contribution in [-0.2, 0) is 14.8 Å². The Morgan fingerprint density at radius 1 is 0.973 bits per heavy atom. The zero-order valence-electron chi connectivity index (χ0n) is 20.2. The lowest BCUT2D eigenvalue weighted by Crippen LogP contribution is -2.17. The number of rotatable bonds is 11. The normalized spacial score (nSPS) is 11.5. The highest BCUT2D eigenvalue weighted by atomic mass is 32.2. The zero-order valence-corrected chi connectivity index (χ0v) is 21.0. The molecule has 0 unspecified atom stereocenters. The molecule has 0 bridgehead atoms. The van der Waals surface area contributed by atoms with Crippen molar-refractivity contribution in [1.29, 1.82) is 0 Å². The zero-order chi connectivity index (χ0) is 26.4. The molecular weight excluding hydrogens is 504 g/mol. The van der Waals surface area contributed by atoms with Crippen LogP contribution < -0.4 is 14.8 Å². The first-order valence-corrected chi connectivity index (χ1v) is 13.0. The van der Waals surface area contributed by atoms with Crippen molar-refractivity contribution in [3.8, 4) is 17.0 Å². The highest BCUT2D eigenvalue weighted by molar-refractivity contribution is 7.92. The predicted molar refractivity (Wildman–Crippen MR) is 137 cm³/mol. The van der Waals surface area contributed by atoms with E-state index in [1.807, 2.05) is 12.1 Å². The lowest BCUT2D eigenvalue weighted by atomic mass is 10.1. The molecule has 0 saturated heterocycles. The van der Waals surface area contributed by atoms with Gasteiger partial charge in [0.1, 0.15) is 30.3 Å². The average Bonchev–Trinajstić information content (AvgIpc) is 2.88. The van der Waals surface area contributed by atoms with Crippen LogP contribution in [0.25, 0.3) is 22.0 Å². The molecule has 0 saturated carbocycles. The minimum atomic E-state index is -3.78. The standard InChI is InChI=1S/C25H25F2N5O4S/c1-3-12-37(33,34)32-21-8-6-19(26)24(23(21)27)31-25-18-13-16(4-7-20(18)29-15-30-25)17-5-9-22(28-14-17)36-11-10-35-2/h4-9,13-15,32H,3,10-12H2,1-2H3,(H,29,30,31). The lowest BCUT2D eigenvalue weighted by Gasteiger charge is -2.14. The van der Waals surface area contributed by atoms with Crippen LogP contribution in [0.2, 0.25) is 0 Å². The molecule has 0 aliphatic heterocycles. The summed E-state index contributed by atoms with van der Waals surface area (Å²) in [5, 5.41) is 3.17. The Morgan fingerprint density at radius 2 is 1.78 bits per heavy atom. The number of halogens is 2. The Labute approximate surface area is 212 Å². The fourth-order valence-corrected chi connectivity index (χ4v) is 4.69. The van der Waals surface area contributed by atoms with Crippen LogP contribution in [0.1, 0.15) is 13.3 Å². The summed E-state index contributed by atoms with van der Waals surface area (Å²) in [5.41, 5.74) is 1.18. The summed E-state index contributed by atoms with van der Waals surface area (Å²) < 4.78 is 66.6. The Hall–Kier alpha value is -3.90. The van der Waals surface area contributed by atoms with Gasteiger partial charge in [-0.25, -0.2) is 32.2 Å². The molecule has 0 spiro atoms. The number of aromatic nitrogens is 3. The van der Waals surface area contributed by atoms with Gasteiger partial charge in [-0.1, -0.05) is 13.0 Å². The third-order valence-electron chi connectivity index (χ3n) is 5.32. The monoisotopic (exact) mass is 529 g/mol. The molecule has 0 atom stereocenters. The molecule has 2 N–H and O–H groups in total. The van der Waals surface area contributed by atoms with Crippen molar-refractivity contribution in [2.24, 2.45) is 0 Å². The van der Waals surface area contributed by atoms with E-state index in [2.05, 4.69) is 25.0 Å². The molecule has 2 aromatic carbocycles. The number of anilines is 3. The predicted octanol–water partition coefficient (Wildman–Crippen LogP) is 4.89. The van der Waals surface area contributed by atoms with E-state index >= 15 is 4.39 Å². The second-order valence-electron chi connectivity index (χ2n) is 8.01. The van der Waals surface area contributed by atoms with E-state index in [4.69, 9.17) is 9.47 Å². The van der Waals surface area contributed by atoms with Gasteiger partial charge in [0.05, 0.1) is 23.6 Å². The van der Waals surface area contributed by atoms with Crippen LogP contribution in [0.15, 0.2) is 55.0 Å². The van der Waals surface area contributed by atoms with E-state index in [0.29, 0.717) is 36.4 Å². The second kappa shape index (κ2) is 11.4. The van der Waals surface area contributed by atoms with Gasteiger partial charge in [0.25, 0.3) is 0 Å². The van der Waals surface area contributed by atoms with Gasteiger partial charge in [0.15, 0.2) is 5.82 Å². The molecule has 12 heteroatoms. The maximum atomic E-state index is 15.2. The van der Waals surface area contributed by atoms with Crippen LogP contribution in [0.3, 0.4) is 0 Å². The first-order chi connectivity index (χ1) is 17.8. The number of hydrogen-bond donors (Lipinski definition) is 2. The third kappa shape index (κ3) is 6.27. The quantitative estimate of drug-likeness (QED) is 0.264. The first kappa shape index (κ1) is 26.2. The van der Waals surface area contributed by atoms with Crippen molar-refractivity contribution >= 4 is 38.1 Å². The third-order valence-corrected chi connectivity index (χ3v) is 6.79. The van der Waals surface area contributed by atoms with E-state index in [1.54, 1.807) is 38.4 Å². The van der Waals surface area contributed by atoms with E-state index in [-0.39, 0.29) is 17.3 Å². The molecule has 37 heavy (non-hydrogen) atoms. The van der Waals surface area contributed by atoms with Crippen LogP contribution in [0, 0.1) is 11.6 Å². The van der Waals surface area contributed by atoms with Gasteiger partial charge >= 0.3 is 0 Å². The van der Waals surface area contributed by atoms with Crippen molar-refractivity contribution in [2.45, 2.75) is 13.3 Å². The first-order valence-electron chi connectivity index (χ1n) is 11.4. The number of methoxy groups -OCH3 is 1. The fourth-order valence-electron chi connectivity index (χ4n) is 3.55. The largest absolute Gasteiger partial charge is 0.475 e. The molecule has 2 heterocycles. The number of nitrogens with zero attached hydrogens (tertiary/aromatic N) is 3. The van der Waals surface area contributed by atoms with Gasteiger partial charge in [0.2, 0.25) is 15.9 Å². The van der Waals surface area contributed by atoms with Gasteiger partial charge in [-0.15, -0.1) is 0 Å². The smallest absolute Gasteiger partial charge is 0.232 e. The number of ether oxygens (including phenoxy) is 2. The van der Waals surface area contributed by atoms with Crippen LogP contribution in [0.5, 0.6) is 5.88 Å². The number of nitrogens with one attached hydrogen (secondary N) is 2. The molecule has 2 aromatic heterocycles. The maximum absolute atomic E-state index is 15.2. The molecule has 4 rings (SSSR count). The summed E-state index contributed by atoms with van der Waals surface area (Å²) in [6.07, 6.45) is 3.25. The van der Waals surface area contributed by atoms with Crippen molar-refractivity contribution in [3.05, 3.63) is 66.6 Å². The van der Waals surface area contributed by atoms with Gasteiger partial charge in [0, 0.05) is 30.3 Å². The summed E-state index contributed by atoms with van der Waals surface area (Å²) in [6.45, 7) is 2.50. The van der Waals surface area contributed by atoms with Crippen LogP contribution in [-0.4, -0.2) is 49.4 Å². The fraction of sp³-hybridized carbons (Fsp3) is 0.240. The molecule has 4 aromatic rings. The molecule has 0 radical (unpaired) electrons. The Bertz CT molecular complexity index is 1500. The lowest BCUT2D eigenvalue weighted by molar-refractivity contribution is 0.144. The van der Waals surface area contributed by atoms with Crippen molar-refractivity contribution < 1.29 is 26.7 Å². The average molecular weight is 530 g/mol. The molecular formula is C25H25F2N5O4S. The highest BCUT2D eigenvalue weighted by Crippen LogP contribution is 2.32. The Morgan fingerprint density at radius 3 is 2.51 bits per heavy atom. The van der Waals surface area contributed by atoms with Gasteiger partial charge in [-0.3, -0.25) is 4.72 Å². The summed E-state index contributed by atoms with van der Waals surface area (Å²) in [5.74, 6) is -1.59. The second-order valence-corrected chi connectivity index (χ2v) is 9.85. The van der Waals surface area contributed by atoms with Crippen molar-refractivity contribution in [3.63, 3.8) is 0 Å². The molecule has 9 nitrogen and oxygen atoms in total. The van der Waals surface area contributed by atoms with Gasteiger partial charge in [-0.05, 0) is 42.3 Å². The van der Waals surface area contributed by atoms with E-state index in [1.165, 1.54) is 6.33 Å². The minimum Gasteiger partial charge on any atom is -0.475 e. The minimum absolute atomic E-state index is 0.144. The SMILES string of the molecule is CCCS(=O)(=O)Nc1ccc(F)c(Nc2ncnc3ccc(-c4ccc(OCCOC)nc4)cc23)c1F. The molecule has 194 valence electrons.